The van der Waals surface area contributed by atoms with E-state index < -0.39 is 16.0 Å². The van der Waals surface area contributed by atoms with Crippen molar-refractivity contribution in [1.29, 1.82) is 0 Å². The van der Waals surface area contributed by atoms with Crippen molar-refractivity contribution in [1.82, 2.24) is 0 Å². The summed E-state index contributed by atoms with van der Waals surface area (Å²) >= 11 is 6.25. The second-order valence-electron chi connectivity index (χ2n) is 6.07. The molecule has 0 unspecified atom stereocenters. The molecule has 0 aromatic heterocycles. The first-order valence-electron chi connectivity index (χ1n) is 9.28. The van der Waals surface area contributed by atoms with Gasteiger partial charge in [-0.1, -0.05) is 18.5 Å². The molecule has 0 amide bonds. The molecule has 0 radical (unpaired) electrons. The lowest BCUT2D eigenvalue weighted by molar-refractivity contribution is 0.0450. The molecule has 0 saturated heterocycles. The zero-order chi connectivity index (χ0) is 22.1. The van der Waals surface area contributed by atoms with Crippen LogP contribution in [0, 0.1) is 0 Å². The van der Waals surface area contributed by atoms with Crippen molar-refractivity contribution in [2.45, 2.75) is 25.2 Å². The Balaban J connectivity index is 1.94. The first-order valence-corrected chi connectivity index (χ1v) is 11.2. The van der Waals surface area contributed by atoms with E-state index in [9.17, 15) is 13.2 Å². The van der Waals surface area contributed by atoms with Crippen LogP contribution in [0.1, 0.15) is 30.6 Å². The Morgan fingerprint density at radius 1 is 1.00 bits per heavy atom. The molecule has 0 atom stereocenters. The average Bonchev–Trinajstić information content (AvgIpc) is 2.70. The Hall–Kier alpha value is -2.49. The number of ether oxygens (including phenoxy) is 4. The van der Waals surface area contributed by atoms with Gasteiger partial charge in [0, 0.05) is 0 Å². The Kier molecular flexibility index (Phi) is 8.76. The van der Waals surface area contributed by atoms with Gasteiger partial charge in [-0.2, -0.15) is 0 Å². The highest BCUT2D eigenvalue weighted by Crippen LogP contribution is 2.37. The van der Waals surface area contributed by atoms with E-state index in [1.807, 2.05) is 13.8 Å². The zero-order valence-electron chi connectivity index (χ0n) is 16.7. The van der Waals surface area contributed by atoms with E-state index >= 15 is 0 Å². The second-order valence-corrected chi connectivity index (χ2v) is 8.04. The van der Waals surface area contributed by atoms with E-state index in [2.05, 4.69) is 0 Å². The monoisotopic (exact) mass is 457 g/mol. The number of carbonyl (C=O) groups is 1. The third kappa shape index (κ3) is 6.79. The fraction of sp³-hybridized carbons (Fsp3) is 0.350. The van der Waals surface area contributed by atoms with Gasteiger partial charge in [0.2, 0.25) is 10.0 Å². The number of hydrogen-bond donors (Lipinski definition) is 1. The van der Waals surface area contributed by atoms with Gasteiger partial charge in [0.25, 0.3) is 0 Å². The maximum absolute atomic E-state index is 12.3. The number of hydrogen-bond acceptors (Lipinski definition) is 7. The smallest absolute Gasteiger partial charge is 0.338 e. The molecular formula is C20H24ClNO7S. The maximum atomic E-state index is 12.3. The molecule has 8 nitrogen and oxygen atoms in total. The molecule has 0 fully saturated rings. The number of benzene rings is 2. The Labute approximate surface area is 180 Å². The van der Waals surface area contributed by atoms with Gasteiger partial charge < -0.3 is 18.9 Å². The number of rotatable bonds is 11. The minimum absolute atomic E-state index is 0.0189. The minimum Gasteiger partial charge on any atom is -0.490 e. The van der Waals surface area contributed by atoms with E-state index in [4.69, 9.17) is 35.7 Å². The van der Waals surface area contributed by atoms with Crippen molar-refractivity contribution in [2.24, 2.45) is 5.14 Å². The third-order valence-corrected chi connectivity index (χ3v) is 4.94. The molecule has 30 heavy (non-hydrogen) atoms. The summed E-state index contributed by atoms with van der Waals surface area (Å²) in [6.45, 7) is 4.69. The van der Waals surface area contributed by atoms with E-state index in [1.165, 1.54) is 36.4 Å². The fourth-order valence-electron chi connectivity index (χ4n) is 2.40. The van der Waals surface area contributed by atoms with Crippen LogP contribution in [-0.4, -0.2) is 40.8 Å². The molecule has 0 aliphatic heterocycles. The largest absolute Gasteiger partial charge is 0.490 e. The summed E-state index contributed by atoms with van der Waals surface area (Å²) in [7, 11) is -3.76. The number of sulfonamides is 1. The lowest BCUT2D eigenvalue weighted by Gasteiger charge is -2.14. The highest BCUT2D eigenvalue weighted by atomic mass is 35.5. The molecule has 0 bridgehead atoms. The van der Waals surface area contributed by atoms with E-state index in [0.29, 0.717) is 30.5 Å². The lowest BCUT2D eigenvalue weighted by atomic mass is 10.2. The maximum Gasteiger partial charge on any atom is 0.338 e. The minimum atomic E-state index is -3.76. The van der Waals surface area contributed by atoms with Crippen LogP contribution in [0.2, 0.25) is 5.02 Å². The van der Waals surface area contributed by atoms with Gasteiger partial charge in [-0.3, -0.25) is 0 Å². The van der Waals surface area contributed by atoms with Crippen LogP contribution >= 0.6 is 11.6 Å². The first-order chi connectivity index (χ1) is 14.3. The summed E-state index contributed by atoms with van der Waals surface area (Å²) in [4.78, 5) is 12.3. The molecule has 0 spiro atoms. The summed E-state index contributed by atoms with van der Waals surface area (Å²) in [6, 6.07) is 8.57. The van der Waals surface area contributed by atoms with Gasteiger partial charge >= 0.3 is 5.97 Å². The first kappa shape index (κ1) is 23.8. The van der Waals surface area contributed by atoms with Crippen LogP contribution in [0.15, 0.2) is 41.3 Å². The van der Waals surface area contributed by atoms with Gasteiger partial charge in [0.1, 0.15) is 19.0 Å². The molecule has 2 aromatic rings. The molecule has 2 rings (SSSR count). The van der Waals surface area contributed by atoms with Gasteiger partial charge in [-0.25, -0.2) is 18.4 Å². The van der Waals surface area contributed by atoms with Crippen LogP contribution < -0.4 is 19.3 Å². The summed E-state index contributed by atoms with van der Waals surface area (Å²) in [6.07, 6.45) is 0.802. The molecule has 0 aliphatic rings. The predicted octanol–water partition coefficient (Wildman–Crippen LogP) is 3.41. The SMILES string of the molecule is CCCOc1c(Cl)cc(C(=O)OCCOc2ccc(S(N)(=O)=O)cc2)cc1OCC. The fourth-order valence-corrected chi connectivity index (χ4v) is 3.18. The van der Waals surface area contributed by atoms with Gasteiger partial charge in [0.15, 0.2) is 11.5 Å². The van der Waals surface area contributed by atoms with E-state index in [1.54, 1.807) is 0 Å². The summed E-state index contributed by atoms with van der Waals surface area (Å²) in [5.74, 6) is 0.588. The van der Waals surface area contributed by atoms with Crippen molar-refractivity contribution in [2.75, 3.05) is 26.4 Å². The zero-order valence-corrected chi connectivity index (χ0v) is 18.3. The molecule has 0 saturated carbocycles. The van der Waals surface area contributed by atoms with E-state index in [0.717, 1.165) is 6.42 Å². The standard InChI is InChI=1S/C20H24ClNO7S/c1-3-9-28-19-17(21)12-14(13-18(19)26-4-2)20(23)29-11-10-27-15-5-7-16(8-6-15)30(22,24)25/h5-8,12-13H,3-4,9-11H2,1-2H3,(H2,22,24,25). The number of esters is 1. The number of halogens is 1. The van der Waals surface area contributed by atoms with Crippen molar-refractivity contribution in [3.8, 4) is 17.2 Å². The van der Waals surface area contributed by atoms with Gasteiger partial charge in [-0.15, -0.1) is 0 Å². The quantitative estimate of drug-likeness (QED) is 0.406. The summed E-state index contributed by atoms with van der Waals surface area (Å²) in [5, 5.41) is 5.30. The predicted molar refractivity (Wildman–Crippen MR) is 112 cm³/mol. The molecule has 10 heteroatoms. The number of nitrogens with two attached hydrogens (primary N) is 1. The number of carbonyl (C=O) groups excluding carboxylic acids is 1. The highest BCUT2D eigenvalue weighted by molar-refractivity contribution is 7.89. The summed E-state index contributed by atoms with van der Waals surface area (Å²) in [5.41, 5.74) is 0.227. The molecule has 2 aromatic carbocycles. The Bertz CT molecular complexity index is 962. The van der Waals surface area contributed by atoms with Gasteiger partial charge in [-0.05, 0) is 49.7 Å². The molecule has 164 valence electrons. The summed E-state index contributed by atoms with van der Waals surface area (Å²) < 4.78 is 44.2. The molecule has 0 aliphatic carbocycles. The molecular weight excluding hydrogens is 434 g/mol. The van der Waals surface area contributed by atoms with Crippen molar-refractivity contribution in [3.63, 3.8) is 0 Å². The topological polar surface area (TPSA) is 114 Å². The average molecular weight is 458 g/mol. The molecule has 0 heterocycles. The van der Waals surface area contributed by atoms with Crippen LogP contribution in [0.25, 0.3) is 0 Å². The third-order valence-electron chi connectivity index (χ3n) is 3.73. The lowest BCUT2D eigenvalue weighted by Crippen LogP contribution is -2.13. The second kappa shape index (κ2) is 11.1. The van der Waals surface area contributed by atoms with Crippen molar-refractivity contribution < 1.29 is 32.2 Å². The highest BCUT2D eigenvalue weighted by Gasteiger charge is 2.17. The normalized spacial score (nSPS) is 11.1. The van der Waals surface area contributed by atoms with Crippen LogP contribution in [0.3, 0.4) is 0 Å². The van der Waals surface area contributed by atoms with Crippen molar-refractivity contribution >= 4 is 27.6 Å². The van der Waals surface area contributed by atoms with Crippen LogP contribution in [0.5, 0.6) is 17.2 Å². The van der Waals surface area contributed by atoms with Gasteiger partial charge in [0.05, 0.1) is 28.7 Å². The van der Waals surface area contributed by atoms with Crippen LogP contribution in [0.4, 0.5) is 0 Å². The van der Waals surface area contributed by atoms with Crippen molar-refractivity contribution in [3.05, 3.63) is 47.0 Å². The Morgan fingerprint density at radius 3 is 2.30 bits per heavy atom. The molecule has 2 N–H and O–H groups in total. The van der Waals surface area contributed by atoms with E-state index in [-0.39, 0.29) is 28.7 Å². The Morgan fingerprint density at radius 2 is 1.70 bits per heavy atom. The van der Waals surface area contributed by atoms with Crippen LogP contribution in [-0.2, 0) is 14.8 Å². The number of primary sulfonamides is 1.